The van der Waals surface area contributed by atoms with Crippen molar-refractivity contribution in [3.05, 3.63) is 29.6 Å². The van der Waals surface area contributed by atoms with E-state index < -0.39 is 21.4 Å². The van der Waals surface area contributed by atoms with Crippen LogP contribution in [0.15, 0.2) is 23.1 Å². The van der Waals surface area contributed by atoms with Crippen molar-refractivity contribution >= 4 is 10.0 Å². The van der Waals surface area contributed by atoms with Crippen LogP contribution in [-0.4, -0.2) is 20.5 Å². The molecular formula is C14H19FN2O2S. The molecule has 20 heavy (non-hydrogen) atoms. The zero-order valence-corrected chi connectivity index (χ0v) is 12.6. The smallest absolute Gasteiger partial charge is 0.243 e. The van der Waals surface area contributed by atoms with Crippen molar-refractivity contribution in [1.29, 1.82) is 0 Å². The zero-order chi connectivity index (χ0) is 15.4. The van der Waals surface area contributed by atoms with Crippen molar-refractivity contribution in [3.8, 4) is 11.8 Å². The SMILES string of the molecule is CCC(C)(C)NS(=O)(=O)c1ccc(C#CCN)cc1F. The molecule has 3 N–H and O–H groups in total. The van der Waals surface area contributed by atoms with Gasteiger partial charge >= 0.3 is 0 Å². The number of hydrogen-bond acceptors (Lipinski definition) is 3. The molecule has 0 bridgehead atoms. The van der Waals surface area contributed by atoms with Gasteiger partial charge in [-0.15, -0.1) is 0 Å². The third kappa shape index (κ3) is 4.30. The Morgan fingerprint density at radius 1 is 1.40 bits per heavy atom. The number of hydrogen-bond donors (Lipinski definition) is 2. The van der Waals surface area contributed by atoms with Gasteiger partial charge in [-0.1, -0.05) is 18.8 Å². The largest absolute Gasteiger partial charge is 0.320 e. The molecule has 6 heteroatoms. The average Bonchev–Trinajstić information content (AvgIpc) is 2.34. The van der Waals surface area contributed by atoms with E-state index in [1.54, 1.807) is 13.8 Å². The summed E-state index contributed by atoms with van der Waals surface area (Å²) in [5.74, 6) is 4.41. The summed E-state index contributed by atoms with van der Waals surface area (Å²) in [4.78, 5) is -0.377. The second-order valence-corrected chi connectivity index (χ2v) is 6.64. The summed E-state index contributed by atoms with van der Waals surface area (Å²) in [7, 11) is -3.90. The Kier molecular flexibility index (Phi) is 5.28. The molecule has 1 rings (SSSR count). The van der Waals surface area contributed by atoms with E-state index in [0.29, 0.717) is 12.0 Å². The summed E-state index contributed by atoms with van der Waals surface area (Å²) < 4.78 is 40.7. The predicted octanol–water partition coefficient (Wildman–Crippen LogP) is 1.60. The summed E-state index contributed by atoms with van der Waals surface area (Å²) in [6.45, 7) is 5.49. The summed E-state index contributed by atoms with van der Waals surface area (Å²) in [5, 5.41) is 0. The highest BCUT2D eigenvalue weighted by Gasteiger charge is 2.26. The van der Waals surface area contributed by atoms with E-state index in [1.807, 2.05) is 6.92 Å². The highest BCUT2D eigenvalue weighted by molar-refractivity contribution is 7.89. The number of benzene rings is 1. The normalized spacial score (nSPS) is 11.8. The third-order valence-corrected chi connectivity index (χ3v) is 4.58. The molecule has 0 aliphatic rings. The van der Waals surface area contributed by atoms with Gasteiger partial charge in [0.05, 0.1) is 6.54 Å². The first-order valence-electron chi connectivity index (χ1n) is 6.24. The maximum atomic E-state index is 13.9. The molecule has 110 valence electrons. The molecule has 0 unspecified atom stereocenters. The first kappa shape index (κ1) is 16.6. The Morgan fingerprint density at radius 2 is 2.05 bits per heavy atom. The van der Waals surface area contributed by atoms with Crippen molar-refractivity contribution in [3.63, 3.8) is 0 Å². The van der Waals surface area contributed by atoms with Gasteiger partial charge < -0.3 is 5.73 Å². The van der Waals surface area contributed by atoms with Gasteiger partial charge in [-0.3, -0.25) is 0 Å². The Labute approximate surface area is 119 Å². The van der Waals surface area contributed by atoms with E-state index in [9.17, 15) is 12.8 Å². The standard InChI is InChI=1S/C14H19FN2O2S/c1-4-14(2,3)17-20(18,19)13-8-7-11(6-5-9-16)10-12(13)15/h7-8,10,17H,4,9,16H2,1-3H3. The van der Waals surface area contributed by atoms with E-state index in [2.05, 4.69) is 16.6 Å². The number of sulfonamides is 1. The quantitative estimate of drug-likeness (QED) is 0.829. The van der Waals surface area contributed by atoms with Crippen LogP contribution in [0.1, 0.15) is 32.8 Å². The molecule has 4 nitrogen and oxygen atoms in total. The molecule has 0 saturated carbocycles. The lowest BCUT2D eigenvalue weighted by Crippen LogP contribution is -2.42. The fourth-order valence-corrected chi connectivity index (χ4v) is 2.99. The van der Waals surface area contributed by atoms with Crippen molar-refractivity contribution < 1.29 is 12.8 Å². The first-order chi connectivity index (χ1) is 9.22. The van der Waals surface area contributed by atoms with Crippen LogP contribution in [0, 0.1) is 17.7 Å². The summed E-state index contributed by atoms with van der Waals surface area (Å²) in [6.07, 6.45) is 0.591. The minimum atomic E-state index is -3.90. The highest BCUT2D eigenvalue weighted by atomic mass is 32.2. The molecule has 0 saturated heterocycles. The van der Waals surface area contributed by atoms with Gasteiger partial charge in [0.2, 0.25) is 10.0 Å². The van der Waals surface area contributed by atoms with Crippen LogP contribution in [0.3, 0.4) is 0 Å². The average molecular weight is 298 g/mol. The maximum absolute atomic E-state index is 13.9. The van der Waals surface area contributed by atoms with Gasteiger partial charge in [0.25, 0.3) is 0 Å². The van der Waals surface area contributed by atoms with Gasteiger partial charge in [0, 0.05) is 11.1 Å². The number of halogens is 1. The molecule has 1 aromatic carbocycles. The number of rotatable bonds is 4. The van der Waals surface area contributed by atoms with Crippen LogP contribution in [0.25, 0.3) is 0 Å². The second kappa shape index (κ2) is 6.35. The molecule has 0 aromatic heterocycles. The van der Waals surface area contributed by atoms with Gasteiger partial charge in [-0.25, -0.2) is 17.5 Å². The van der Waals surface area contributed by atoms with Gasteiger partial charge in [-0.2, -0.15) is 0 Å². The fraction of sp³-hybridized carbons (Fsp3) is 0.429. The minimum absolute atomic E-state index is 0.161. The van der Waals surface area contributed by atoms with Crippen LogP contribution >= 0.6 is 0 Å². The van der Waals surface area contributed by atoms with E-state index >= 15 is 0 Å². The molecule has 0 amide bonds. The number of nitrogens with two attached hydrogens (primary N) is 1. The van der Waals surface area contributed by atoms with E-state index in [-0.39, 0.29) is 11.4 Å². The minimum Gasteiger partial charge on any atom is -0.320 e. The summed E-state index contributed by atoms with van der Waals surface area (Å²) in [5.41, 5.74) is 4.98. The van der Waals surface area contributed by atoms with E-state index in [0.717, 1.165) is 6.07 Å². The van der Waals surface area contributed by atoms with Gasteiger partial charge in [-0.05, 0) is 38.5 Å². The van der Waals surface area contributed by atoms with Crippen molar-refractivity contribution in [2.24, 2.45) is 5.73 Å². The molecule has 0 aliphatic carbocycles. The molecule has 0 heterocycles. The Bertz CT molecular complexity index is 643. The topological polar surface area (TPSA) is 72.2 Å². The van der Waals surface area contributed by atoms with Crippen molar-refractivity contribution in [1.82, 2.24) is 4.72 Å². The van der Waals surface area contributed by atoms with E-state index in [4.69, 9.17) is 5.73 Å². The molecule has 0 aliphatic heterocycles. The Morgan fingerprint density at radius 3 is 2.55 bits per heavy atom. The lowest BCUT2D eigenvalue weighted by atomic mass is 10.0. The highest BCUT2D eigenvalue weighted by Crippen LogP contribution is 2.19. The van der Waals surface area contributed by atoms with E-state index in [1.165, 1.54) is 12.1 Å². The van der Waals surface area contributed by atoms with Crippen LogP contribution in [0.4, 0.5) is 4.39 Å². The second-order valence-electron chi connectivity index (χ2n) is 4.99. The molecule has 1 aromatic rings. The van der Waals surface area contributed by atoms with Crippen molar-refractivity contribution in [2.45, 2.75) is 37.6 Å². The summed E-state index contributed by atoms with van der Waals surface area (Å²) >= 11 is 0. The van der Waals surface area contributed by atoms with Crippen LogP contribution in [0.2, 0.25) is 0 Å². The van der Waals surface area contributed by atoms with Gasteiger partial charge in [0.15, 0.2) is 0 Å². The molecule has 0 atom stereocenters. The lowest BCUT2D eigenvalue weighted by molar-refractivity contribution is 0.437. The maximum Gasteiger partial charge on any atom is 0.243 e. The fourth-order valence-electron chi connectivity index (χ4n) is 1.44. The Hall–Kier alpha value is -1.42. The third-order valence-electron chi connectivity index (χ3n) is 2.85. The number of nitrogens with one attached hydrogen (secondary N) is 1. The van der Waals surface area contributed by atoms with Crippen LogP contribution in [0.5, 0.6) is 0 Å². The van der Waals surface area contributed by atoms with Gasteiger partial charge in [0.1, 0.15) is 10.7 Å². The lowest BCUT2D eigenvalue weighted by Gasteiger charge is -2.24. The zero-order valence-electron chi connectivity index (χ0n) is 11.8. The Balaban J connectivity index is 3.14. The molecular weight excluding hydrogens is 279 g/mol. The van der Waals surface area contributed by atoms with Crippen molar-refractivity contribution in [2.75, 3.05) is 6.54 Å². The van der Waals surface area contributed by atoms with Crippen LogP contribution in [-0.2, 0) is 10.0 Å². The monoisotopic (exact) mass is 298 g/mol. The molecule has 0 radical (unpaired) electrons. The summed E-state index contributed by atoms with van der Waals surface area (Å²) in [6, 6.07) is 3.76. The predicted molar refractivity (Wildman–Crippen MR) is 77.0 cm³/mol. The molecule has 0 fully saturated rings. The first-order valence-corrected chi connectivity index (χ1v) is 7.72. The van der Waals surface area contributed by atoms with Crippen LogP contribution < -0.4 is 10.5 Å². The molecule has 0 spiro atoms.